The molecule has 0 amide bonds. The van der Waals surface area contributed by atoms with Crippen molar-refractivity contribution < 1.29 is 16.9 Å². The van der Waals surface area contributed by atoms with Crippen molar-refractivity contribution in [3.05, 3.63) is 0 Å². The fraction of sp³-hybridized carbons (Fsp3) is 1.00. The Morgan fingerprint density at radius 1 is 0.500 bits per heavy atom. The molecule has 0 saturated heterocycles. The number of nitrogens with zero attached hydrogens (tertiary/aromatic N) is 1. The zero-order valence-corrected chi connectivity index (χ0v) is 19.2. The summed E-state index contributed by atoms with van der Waals surface area (Å²) in [7, 11) is 6.88. The number of halogens is 1. The Hall–Kier alpha value is 1.25. The van der Waals surface area contributed by atoms with E-state index in [0.29, 0.717) is 0 Å². The van der Waals surface area contributed by atoms with Crippen molar-refractivity contribution in [2.45, 2.75) is 96.8 Å². The summed E-state index contributed by atoms with van der Waals surface area (Å²) in [6.45, 7) is 3.63. The predicted molar refractivity (Wildman–Crippen MR) is 99.0 cm³/mol. The molecule has 1 nitrogen and oxygen atoms in total. The zero-order chi connectivity index (χ0) is 15.1. The monoisotopic (exact) mass is 342 g/mol. The first-order chi connectivity index (χ1) is 9.56. The molecule has 0 aliphatic carbocycles. The summed E-state index contributed by atoms with van der Waals surface area (Å²) in [5.74, 6) is 0. The van der Waals surface area contributed by atoms with E-state index in [9.17, 15) is 0 Å². The molecule has 0 aliphatic rings. The maximum atomic E-state index is 2.29. The summed E-state index contributed by atoms with van der Waals surface area (Å²) >= 11 is 0. The molecule has 0 fully saturated rings. The molecule has 0 rings (SSSR count). The van der Waals surface area contributed by atoms with E-state index in [1.807, 2.05) is 0 Å². The van der Waals surface area contributed by atoms with Crippen LogP contribution in [0.15, 0.2) is 0 Å². The molecule has 131 valence electrons. The van der Waals surface area contributed by atoms with Gasteiger partial charge in [0, 0.05) is 29.6 Å². The van der Waals surface area contributed by atoms with E-state index < -0.39 is 0 Å². The van der Waals surface area contributed by atoms with E-state index in [2.05, 4.69) is 28.1 Å². The SMILES string of the molecule is CCCCCCCCCCCCCCCC[N+](C)(C)C.[Cl-].[Na]. The fourth-order valence-corrected chi connectivity index (χ4v) is 2.78. The minimum Gasteiger partial charge on any atom is -1.00 e. The molecule has 0 aliphatic heterocycles. The van der Waals surface area contributed by atoms with Crippen molar-refractivity contribution in [2.24, 2.45) is 0 Å². The number of unbranched alkanes of at least 4 members (excludes halogenated alkanes) is 13. The molecule has 22 heavy (non-hydrogen) atoms. The van der Waals surface area contributed by atoms with Gasteiger partial charge >= 0.3 is 0 Å². The average molecular weight is 343 g/mol. The van der Waals surface area contributed by atoms with Crippen molar-refractivity contribution in [2.75, 3.05) is 27.7 Å². The molecule has 0 N–H and O–H groups in total. The molecule has 0 atom stereocenters. The maximum Gasteiger partial charge on any atom is 0.0780 e. The van der Waals surface area contributed by atoms with E-state index in [-0.39, 0.29) is 42.0 Å². The minimum atomic E-state index is 0. The Balaban J connectivity index is -0.00000180. The molecule has 3 heteroatoms. The van der Waals surface area contributed by atoms with Crippen LogP contribution >= 0.6 is 0 Å². The first kappa shape index (κ1) is 28.1. The molecule has 0 unspecified atom stereocenters. The molecular formula is C19H42ClNNa. The van der Waals surface area contributed by atoms with Crippen LogP contribution in [0.25, 0.3) is 0 Å². The van der Waals surface area contributed by atoms with Gasteiger partial charge in [-0.15, -0.1) is 0 Å². The quantitative estimate of drug-likeness (QED) is 0.244. The summed E-state index contributed by atoms with van der Waals surface area (Å²) in [5.41, 5.74) is 0. The number of rotatable bonds is 15. The van der Waals surface area contributed by atoms with Crippen LogP contribution in [0.3, 0.4) is 0 Å². The van der Waals surface area contributed by atoms with Crippen molar-refractivity contribution in [1.29, 1.82) is 0 Å². The van der Waals surface area contributed by atoms with Crippen molar-refractivity contribution >= 4 is 29.6 Å². The van der Waals surface area contributed by atoms with Gasteiger partial charge in [-0.3, -0.25) is 0 Å². The third-order valence-corrected chi connectivity index (χ3v) is 4.18. The Kier molecular flexibility index (Phi) is 25.9. The van der Waals surface area contributed by atoms with Gasteiger partial charge in [0.15, 0.2) is 0 Å². The van der Waals surface area contributed by atoms with Crippen molar-refractivity contribution in [3.8, 4) is 0 Å². The van der Waals surface area contributed by atoms with Gasteiger partial charge in [-0.1, -0.05) is 84.0 Å². The number of hydrogen-bond acceptors (Lipinski definition) is 0. The van der Waals surface area contributed by atoms with Crippen LogP contribution < -0.4 is 12.4 Å². The van der Waals surface area contributed by atoms with E-state index in [1.54, 1.807) is 0 Å². The molecule has 0 aromatic heterocycles. The maximum absolute atomic E-state index is 2.29. The minimum absolute atomic E-state index is 0. The predicted octanol–water partition coefficient (Wildman–Crippen LogP) is 2.80. The first-order valence-electron chi connectivity index (χ1n) is 9.36. The van der Waals surface area contributed by atoms with E-state index in [1.165, 1.54) is 96.4 Å². The third-order valence-electron chi connectivity index (χ3n) is 4.18. The van der Waals surface area contributed by atoms with Gasteiger partial charge in [-0.25, -0.2) is 0 Å². The molecule has 0 saturated carbocycles. The van der Waals surface area contributed by atoms with Gasteiger partial charge < -0.3 is 16.9 Å². The first-order valence-corrected chi connectivity index (χ1v) is 9.36. The number of hydrogen-bond donors (Lipinski definition) is 0. The van der Waals surface area contributed by atoms with Crippen LogP contribution in [0, 0.1) is 0 Å². The Bertz CT molecular complexity index is 192. The third kappa shape index (κ3) is 26.2. The molecular weight excluding hydrogens is 301 g/mol. The summed E-state index contributed by atoms with van der Waals surface area (Å²) in [4.78, 5) is 0. The molecule has 0 bridgehead atoms. The Morgan fingerprint density at radius 2 is 0.773 bits per heavy atom. The average Bonchev–Trinajstić information content (AvgIpc) is 2.38. The molecule has 0 aromatic carbocycles. The Morgan fingerprint density at radius 3 is 1.05 bits per heavy atom. The summed E-state index contributed by atoms with van der Waals surface area (Å²) in [6, 6.07) is 0. The van der Waals surface area contributed by atoms with E-state index >= 15 is 0 Å². The normalized spacial score (nSPS) is 10.9. The second kappa shape index (κ2) is 20.3. The van der Waals surface area contributed by atoms with Gasteiger partial charge in [0.1, 0.15) is 0 Å². The zero-order valence-electron chi connectivity index (χ0n) is 16.4. The largest absolute Gasteiger partial charge is 1.00 e. The summed E-state index contributed by atoms with van der Waals surface area (Å²) < 4.78 is 1.12. The van der Waals surface area contributed by atoms with Crippen molar-refractivity contribution in [1.82, 2.24) is 0 Å². The molecule has 0 spiro atoms. The van der Waals surface area contributed by atoms with Crippen molar-refractivity contribution in [3.63, 3.8) is 0 Å². The van der Waals surface area contributed by atoms with Crippen LogP contribution in [0.5, 0.6) is 0 Å². The van der Waals surface area contributed by atoms with Gasteiger partial charge in [-0.05, 0) is 12.8 Å². The van der Waals surface area contributed by atoms with Gasteiger partial charge in [-0.2, -0.15) is 0 Å². The van der Waals surface area contributed by atoms with Crippen LogP contribution in [0.1, 0.15) is 96.8 Å². The second-order valence-electron chi connectivity index (χ2n) is 7.61. The Labute approximate surface area is 170 Å². The van der Waals surface area contributed by atoms with Gasteiger partial charge in [0.25, 0.3) is 0 Å². The standard InChI is InChI=1S/C19H42N.ClH.Na/c1-5-6-7-8-9-10-11-12-13-14-15-16-17-18-19-20(2,3)4;;/h5-19H2,1-4H3;1H;/q+1;;/p-1. The summed E-state index contributed by atoms with van der Waals surface area (Å²) in [5, 5.41) is 0. The van der Waals surface area contributed by atoms with E-state index in [0.717, 1.165) is 4.48 Å². The van der Waals surface area contributed by atoms with Crippen LogP contribution in [0.2, 0.25) is 0 Å². The topological polar surface area (TPSA) is 0 Å². The van der Waals surface area contributed by atoms with Crippen LogP contribution in [-0.2, 0) is 0 Å². The van der Waals surface area contributed by atoms with Crippen LogP contribution in [0.4, 0.5) is 0 Å². The van der Waals surface area contributed by atoms with Gasteiger partial charge in [0.05, 0.1) is 27.7 Å². The fourth-order valence-electron chi connectivity index (χ4n) is 2.78. The second-order valence-corrected chi connectivity index (χ2v) is 7.61. The smallest absolute Gasteiger partial charge is 0.0780 e. The molecule has 0 aromatic rings. The summed E-state index contributed by atoms with van der Waals surface area (Å²) in [6.07, 6.45) is 20.4. The van der Waals surface area contributed by atoms with E-state index in [4.69, 9.17) is 0 Å². The number of quaternary nitrogens is 1. The van der Waals surface area contributed by atoms with Crippen LogP contribution in [-0.4, -0.2) is 61.7 Å². The van der Waals surface area contributed by atoms with Gasteiger partial charge in [0.2, 0.25) is 0 Å². The molecule has 1 radical (unpaired) electrons. The molecule has 0 heterocycles.